The summed E-state index contributed by atoms with van der Waals surface area (Å²) in [5.74, 6) is 0. The highest BCUT2D eigenvalue weighted by Crippen LogP contribution is 2.30. The van der Waals surface area contributed by atoms with Gasteiger partial charge in [-0.3, -0.25) is 4.98 Å². The Kier molecular flexibility index (Phi) is 3.41. The topological polar surface area (TPSA) is 45.1 Å². The van der Waals surface area contributed by atoms with Crippen LogP contribution in [0.15, 0.2) is 36.7 Å². The molecule has 0 saturated heterocycles. The molecule has 0 aliphatic heterocycles. The summed E-state index contributed by atoms with van der Waals surface area (Å²) < 4.78 is 0. The van der Waals surface area contributed by atoms with Crippen molar-refractivity contribution in [1.29, 1.82) is 0 Å². The van der Waals surface area contributed by atoms with Gasteiger partial charge in [-0.1, -0.05) is 18.2 Å². The Balaban J connectivity index is 2.47. The van der Waals surface area contributed by atoms with Crippen LogP contribution >= 0.6 is 0 Å². The summed E-state index contributed by atoms with van der Waals surface area (Å²) >= 11 is 0. The largest absolute Gasteiger partial charge is 0.385 e. The van der Waals surface area contributed by atoms with E-state index in [0.717, 1.165) is 22.9 Å². The fourth-order valence-electron chi connectivity index (χ4n) is 2.10. The molecule has 17 heavy (non-hydrogen) atoms. The van der Waals surface area contributed by atoms with Gasteiger partial charge in [0.05, 0.1) is 5.60 Å². The molecule has 0 aliphatic rings. The van der Waals surface area contributed by atoms with E-state index in [1.165, 1.54) is 0 Å². The molecule has 1 atom stereocenters. The van der Waals surface area contributed by atoms with Crippen molar-refractivity contribution in [1.82, 2.24) is 10.3 Å². The molecule has 1 aromatic heterocycles. The summed E-state index contributed by atoms with van der Waals surface area (Å²) in [6.45, 7) is 2.65. The van der Waals surface area contributed by atoms with Crippen molar-refractivity contribution in [3.8, 4) is 0 Å². The van der Waals surface area contributed by atoms with Gasteiger partial charge in [0.15, 0.2) is 0 Å². The molecule has 2 N–H and O–H groups in total. The molecule has 0 bridgehead atoms. The smallest absolute Gasteiger partial charge is 0.0886 e. The van der Waals surface area contributed by atoms with Gasteiger partial charge in [-0.05, 0) is 44.0 Å². The van der Waals surface area contributed by atoms with E-state index in [9.17, 15) is 5.11 Å². The summed E-state index contributed by atoms with van der Waals surface area (Å²) in [7, 11) is 1.89. The molecule has 0 fully saturated rings. The van der Waals surface area contributed by atoms with E-state index in [2.05, 4.69) is 10.3 Å². The second-order valence-electron chi connectivity index (χ2n) is 4.53. The third kappa shape index (κ3) is 2.46. The molecule has 3 heteroatoms. The van der Waals surface area contributed by atoms with Gasteiger partial charge < -0.3 is 10.4 Å². The molecule has 1 aromatic carbocycles. The van der Waals surface area contributed by atoms with Crippen molar-refractivity contribution < 1.29 is 5.11 Å². The first kappa shape index (κ1) is 12.0. The molecule has 3 nitrogen and oxygen atoms in total. The number of hydrogen-bond donors (Lipinski definition) is 2. The molecule has 0 amide bonds. The van der Waals surface area contributed by atoms with Crippen LogP contribution in [0.25, 0.3) is 10.8 Å². The van der Waals surface area contributed by atoms with E-state index >= 15 is 0 Å². The Morgan fingerprint density at radius 1 is 1.35 bits per heavy atom. The number of aliphatic hydroxyl groups is 1. The Morgan fingerprint density at radius 2 is 2.18 bits per heavy atom. The Labute approximate surface area is 102 Å². The lowest BCUT2D eigenvalue weighted by Crippen LogP contribution is -2.26. The molecular weight excluding hydrogens is 212 g/mol. The average molecular weight is 230 g/mol. The van der Waals surface area contributed by atoms with E-state index < -0.39 is 5.60 Å². The van der Waals surface area contributed by atoms with Gasteiger partial charge in [-0.2, -0.15) is 0 Å². The molecule has 2 rings (SSSR count). The summed E-state index contributed by atoms with van der Waals surface area (Å²) in [6, 6.07) is 7.92. The monoisotopic (exact) mass is 230 g/mol. The van der Waals surface area contributed by atoms with Crippen LogP contribution in [-0.4, -0.2) is 23.7 Å². The molecule has 90 valence electrons. The van der Waals surface area contributed by atoms with Crippen molar-refractivity contribution in [3.05, 3.63) is 42.2 Å². The Morgan fingerprint density at radius 3 is 2.94 bits per heavy atom. The number of nitrogens with zero attached hydrogens (tertiary/aromatic N) is 1. The summed E-state index contributed by atoms with van der Waals surface area (Å²) in [5.41, 5.74) is 0.150. The first-order valence-electron chi connectivity index (χ1n) is 5.85. The van der Waals surface area contributed by atoms with Crippen LogP contribution in [0.1, 0.15) is 18.9 Å². The number of fused-ring (bicyclic) bond motifs is 1. The lowest BCUT2D eigenvalue weighted by atomic mass is 9.89. The molecule has 0 spiro atoms. The minimum atomic E-state index is -0.816. The maximum absolute atomic E-state index is 10.6. The Hall–Kier alpha value is -1.45. The van der Waals surface area contributed by atoms with Crippen molar-refractivity contribution in [2.45, 2.75) is 18.9 Å². The number of benzene rings is 1. The van der Waals surface area contributed by atoms with Crippen LogP contribution in [0.3, 0.4) is 0 Å². The number of rotatable bonds is 4. The standard InChI is InChI=1S/C14H18N2O/c1-14(17,7-9-15-2)13-5-3-4-11-10-16-8-6-12(11)13/h3-6,8,10,15,17H,7,9H2,1-2H3. The highest BCUT2D eigenvalue weighted by Gasteiger charge is 2.24. The van der Waals surface area contributed by atoms with E-state index in [1.54, 1.807) is 6.20 Å². The van der Waals surface area contributed by atoms with Crippen LogP contribution in [0.2, 0.25) is 0 Å². The van der Waals surface area contributed by atoms with E-state index in [4.69, 9.17) is 0 Å². The van der Waals surface area contributed by atoms with Crippen LogP contribution in [-0.2, 0) is 5.60 Å². The van der Waals surface area contributed by atoms with Gasteiger partial charge in [0, 0.05) is 17.8 Å². The normalized spacial score (nSPS) is 14.8. The summed E-state index contributed by atoms with van der Waals surface area (Å²) in [6.07, 6.45) is 4.28. The summed E-state index contributed by atoms with van der Waals surface area (Å²) in [5, 5.41) is 15.8. The molecule has 2 aromatic rings. The predicted octanol–water partition coefficient (Wildman–Crippen LogP) is 2.05. The SMILES string of the molecule is CNCCC(C)(O)c1cccc2cnccc12. The third-order valence-electron chi connectivity index (χ3n) is 3.12. The van der Waals surface area contributed by atoms with E-state index in [-0.39, 0.29) is 0 Å². The van der Waals surface area contributed by atoms with Crippen LogP contribution in [0.5, 0.6) is 0 Å². The number of hydrogen-bond acceptors (Lipinski definition) is 3. The van der Waals surface area contributed by atoms with Gasteiger partial charge in [0.1, 0.15) is 0 Å². The van der Waals surface area contributed by atoms with Crippen LogP contribution in [0, 0.1) is 0 Å². The zero-order chi connectivity index (χ0) is 12.3. The molecule has 0 saturated carbocycles. The predicted molar refractivity (Wildman–Crippen MR) is 69.9 cm³/mol. The lowest BCUT2D eigenvalue weighted by Gasteiger charge is -2.25. The summed E-state index contributed by atoms with van der Waals surface area (Å²) in [4.78, 5) is 4.10. The number of pyridine rings is 1. The van der Waals surface area contributed by atoms with Crippen molar-refractivity contribution in [3.63, 3.8) is 0 Å². The number of aromatic nitrogens is 1. The molecule has 1 heterocycles. The first-order chi connectivity index (χ1) is 8.15. The highest BCUT2D eigenvalue weighted by molar-refractivity contribution is 5.85. The molecular formula is C14H18N2O. The average Bonchev–Trinajstić information content (AvgIpc) is 2.36. The van der Waals surface area contributed by atoms with Gasteiger partial charge in [0.2, 0.25) is 0 Å². The van der Waals surface area contributed by atoms with Crippen LogP contribution < -0.4 is 5.32 Å². The first-order valence-corrected chi connectivity index (χ1v) is 5.85. The van der Waals surface area contributed by atoms with Crippen molar-refractivity contribution in [2.75, 3.05) is 13.6 Å². The van der Waals surface area contributed by atoms with Gasteiger partial charge in [-0.25, -0.2) is 0 Å². The van der Waals surface area contributed by atoms with E-state index in [0.29, 0.717) is 6.42 Å². The minimum Gasteiger partial charge on any atom is -0.385 e. The van der Waals surface area contributed by atoms with Gasteiger partial charge in [-0.15, -0.1) is 0 Å². The van der Waals surface area contributed by atoms with E-state index in [1.807, 2.05) is 44.4 Å². The maximum Gasteiger partial charge on any atom is 0.0886 e. The lowest BCUT2D eigenvalue weighted by molar-refractivity contribution is 0.0500. The van der Waals surface area contributed by atoms with Gasteiger partial charge >= 0.3 is 0 Å². The highest BCUT2D eigenvalue weighted by atomic mass is 16.3. The van der Waals surface area contributed by atoms with Crippen LogP contribution in [0.4, 0.5) is 0 Å². The Bertz CT molecular complexity index is 503. The molecule has 0 aliphatic carbocycles. The second kappa shape index (κ2) is 4.82. The van der Waals surface area contributed by atoms with Gasteiger partial charge in [0.25, 0.3) is 0 Å². The number of nitrogens with one attached hydrogen (secondary N) is 1. The quantitative estimate of drug-likeness (QED) is 0.845. The zero-order valence-electron chi connectivity index (χ0n) is 10.3. The minimum absolute atomic E-state index is 0.685. The molecule has 1 unspecified atom stereocenters. The maximum atomic E-state index is 10.6. The van der Waals surface area contributed by atoms with Crippen molar-refractivity contribution in [2.24, 2.45) is 0 Å². The third-order valence-corrected chi connectivity index (χ3v) is 3.12. The molecule has 0 radical (unpaired) electrons. The zero-order valence-corrected chi connectivity index (χ0v) is 10.3. The fraction of sp³-hybridized carbons (Fsp3) is 0.357. The van der Waals surface area contributed by atoms with Crippen molar-refractivity contribution >= 4 is 10.8 Å². The fourth-order valence-corrected chi connectivity index (χ4v) is 2.10. The second-order valence-corrected chi connectivity index (χ2v) is 4.53.